The SMILES string of the molecule is Cc1nonc1C(=O)NC(C(=O)Nc1cn(C(CC(F)F)c2nnnn2CC(F)(F)F)nc1F)C1CCC(F)(F)CC1. The molecule has 0 saturated heterocycles. The summed E-state index contributed by atoms with van der Waals surface area (Å²) in [7, 11) is 0. The maximum absolute atomic E-state index is 14.8. The normalized spacial score (nSPS) is 17.3. The van der Waals surface area contributed by atoms with E-state index in [1.807, 2.05) is 0 Å². The summed E-state index contributed by atoms with van der Waals surface area (Å²) in [6, 6.07) is -3.29. The Kier molecular flexibility index (Phi) is 8.76. The number of anilines is 1. The topological polar surface area (TPSA) is 159 Å². The molecule has 2 unspecified atom stereocenters. The lowest BCUT2D eigenvalue weighted by Gasteiger charge is -2.33. The highest BCUT2D eigenvalue weighted by atomic mass is 19.4. The maximum atomic E-state index is 14.8. The second kappa shape index (κ2) is 12.0. The third kappa shape index (κ3) is 7.35. The molecule has 0 spiro atoms. The quantitative estimate of drug-likeness (QED) is 0.328. The van der Waals surface area contributed by atoms with E-state index in [0.717, 1.165) is 6.20 Å². The van der Waals surface area contributed by atoms with Crippen molar-refractivity contribution in [2.45, 2.75) is 76.2 Å². The molecule has 2 N–H and O–H groups in total. The fraction of sp³-hybridized carbons (Fsp3) is 0.619. The van der Waals surface area contributed by atoms with Crippen molar-refractivity contribution in [1.82, 2.24) is 45.6 Å². The van der Waals surface area contributed by atoms with Gasteiger partial charge in [0.2, 0.25) is 18.3 Å². The average molecular weight is 614 g/mol. The van der Waals surface area contributed by atoms with Gasteiger partial charge in [-0.25, -0.2) is 26.9 Å². The average Bonchev–Trinajstić information content (AvgIpc) is 3.60. The van der Waals surface area contributed by atoms with Crippen molar-refractivity contribution in [1.29, 1.82) is 0 Å². The summed E-state index contributed by atoms with van der Waals surface area (Å²) in [4.78, 5) is 26.0. The number of nitrogens with one attached hydrogen (secondary N) is 2. The molecule has 230 valence electrons. The standard InChI is InChI=1S/C21H22F8N10O3/c1-9-14(35-42-34-9)18(40)31-15(10-2-4-20(25,26)5-3-10)19(41)30-11-7-38(33-16(11)24)12(6-13(22)23)17-32-36-37-39(17)8-21(27,28)29/h7,10,12-13,15H,2-6,8H2,1H3,(H,30,41)(H,31,40). The van der Waals surface area contributed by atoms with Crippen LogP contribution in [0.4, 0.5) is 40.8 Å². The number of hydrogen-bond donors (Lipinski definition) is 2. The van der Waals surface area contributed by atoms with Crippen LogP contribution >= 0.6 is 0 Å². The number of halogens is 8. The lowest BCUT2D eigenvalue weighted by atomic mass is 9.81. The van der Waals surface area contributed by atoms with Gasteiger partial charge in [-0.05, 0) is 41.3 Å². The van der Waals surface area contributed by atoms with Gasteiger partial charge in [0.25, 0.3) is 11.9 Å². The Balaban J connectivity index is 1.59. The van der Waals surface area contributed by atoms with Crippen molar-refractivity contribution < 1.29 is 49.3 Å². The Morgan fingerprint density at radius 3 is 2.48 bits per heavy atom. The van der Waals surface area contributed by atoms with Crippen molar-refractivity contribution in [2.24, 2.45) is 5.92 Å². The van der Waals surface area contributed by atoms with E-state index in [9.17, 15) is 44.7 Å². The first kappa shape index (κ1) is 30.8. The molecule has 0 aromatic carbocycles. The fourth-order valence-corrected chi connectivity index (χ4v) is 4.50. The first-order valence-corrected chi connectivity index (χ1v) is 12.3. The van der Waals surface area contributed by atoms with Gasteiger partial charge in [-0.1, -0.05) is 5.16 Å². The van der Waals surface area contributed by atoms with Crippen LogP contribution in [0.25, 0.3) is 0 Å². The Hall–Kier alpha value is -4.20. The van der Waals surface area contributed by atoms with E-state index >= 15 is 0 Å². The molecule has 0 radical (unpaired) electrons. The first-order chi connectivity index (χ1) is 19.6. The minimum atomic E-state index is -4.82. The van der Waals surface area contributed by atoms with Crippen LogP contribution in [0.1, 0.15) is 60.2 Å². The summed E-state index contributed by atoms with van der Waals surface area (Å²) >= 11 is 0. The van der Waals surface area contributed by atoms with E-state index in [1.54, 1.807) is 0 Å². The predicted octanol–water partition coefficient (Wildman–Crippen LogP) is 3.07. The number of tetrazole rings is 1. The molecule has 4 rings (SSSR count). The van der Waals surface area contributed by atoms with Crippen LogP contribution in [0.15, 0.2) is 10.8 Å². The van der Waals surface area contributed by atoms with Crippen LogP contribution in [-0.4, -0.2) is 76.7 Å². The molecule has 21 heteroatoms. The van der Waals surface area contributed by atoms with E-state index in [0.29, 0.717) is 4.68 Å². The van der Waals surface area contributed by atoms with Crippen molar-refractivity contribution >= 4 is 17.5 Å². The molecular weight excluding hydrogens is 592 g/mol. The van der Waals surface area contributed by atoms with Gasteiger partial charge in [-0.15, -0.1) is 10.2 Å². The van der Waals surface area contributed by atoms with Crippen molar-refractivity contribution in [3.05, 3.63) is 29.4 Å². The molecule has 1 saturated carbocycles. The van der Waals surface area contributed by atoms with Gasteiger partial charge in [0.05, 0.1) is 6.20 Å². The molecule has 2 atom stereocenters. The summed E-state index contributed by atoms with van der Waals surface area (Å²) < 4.78 is 113. The largest absolute Gasteiger partial charge is 0.408 e. The predicted molar refractivity (Wildman–Crippen MR) is 121 cm³/mol. The van der Waals surface area contributed by atoms with Crippen LogP contribution < -0.4 is 10.6 Å². The lowest BCUT2D eigenvalue weighted by Crippen LogP contribution is -2.50. The monoisotopic (exact) mass is 614 g/mol. The van der Waals surface area contributed by atoms with E-state index in [-0.39, 0.29) is 28.9 Å². The molecule has 3 heterocycles. The summed E-state index contributed by atoms with van der Waals surface area (Å²) in [6.45, 7) is -0.350. The van der Waals surface area contributed by atoms with Gasteiger partial charge in [0, 0.05) is 19.3 Å². The molecule has 0 aliphatic heterocycles. The number of rotatable bonds is 10. The van der Waals surface area contributed by atoms with Gasteiger partial charge in [-0.2, -0.15) is 17.6 Å². The Labute approximate surface area is 229 Å². The number of alkyl halides is 7. The number of carbonyl (C=O) groups is 2. The van der Waals surface area contributed by atoms with Crippen LogP contribution in [0.5, 0.6) is 0 Å². The molecule has 1 aliphatic carbocycles. The highest BCUT2D eigenvalue weighted by Crippen LogP contribution is 2.38. The van der Waals surface area contributed by atoms with Crippen LogP contribution in [0, 0.1) is 18.8 Å². The second-order valence-corrected chi connectivity index (χ2v) is 9.60. The Bertz CT molecular complexity index is 1390. The Morgan fingerprint density at radius 1 is 1.19 bits per heavy atom. The summed E-state index contributed by atoms with van der Waals surface area (Å²) in [5.74, 6) is -7.95. The molecule has 2 amide bonds. The molecule has 0 bridgehead atoms. The lowest BCUT2D eigenvalue weighted by molar-refractivity contribution is -0.143. The van der Waals surface area contributed by atoms with Crippen LogP contribution in [0.3, 0.4) is 0 Å². The first-order valence-electron chi connectivity index (χ1n) is 12.3. The fourth-order valence-electron chi connectivity index (χ4n) is 4.50. The molecule has 3 aromatic rings. The molecule has 3 aromatic heterocycles. The van der Waals surface area contributed by atoms with E-state index in [2.05, 4.69) is 46.2 Å². The number of aromatic nitrogens is 8. The molecule has 42 heavy (non-hydrogen) atoms. The van der Waals surface area contributed by atoms with E-state index in [1.165, 1.54) is 6.92 Å². The number of carbonyl (C=O) groups excluding carboxylic acids is 2. The van der Waals surface area contributed by atoms with Crippen LogP contribution in [-0.2, 0) is 11.3 Å². The number of aryl methyl sites for hydroxylation is 1. The summed E-state index contributed by atoms with van der Waals surface area (Å²) in [5, 5.41) is 24.4. The summed E-state index contributed by atoms with van der Waals surface area (Å²) in [5.41, 5.74) is -0.930. The van der Waals surface area contributed by atoms with Crippen molar-refractivity contribution in [3.63, 3.8) is 0 Å². The highest BCUT2D eigenvalue weighted by molar-refractivity contribution is 6.00. The minimum absolute atomic E-state index is 0.0621. The highest BCUT2D eigenvalue weighted by Gasteiger charge is 2.41. The number of hydrogen-bond acceptors (Lipinski definition) is 9. The minimum Gasteiger partial charge on any atom is -0.338 e. The molecule has 13 nitrogen and oxygen atoms in total. The third-order valence-corrected chi connectivity index (χ3v) is 6.52. The molecule has 1 fully saturated rings. The van der Waals surface area contributed by atoms with Gasteiger partial charge in [0.15, 0.2) is 11.5 Å². The smallest absolute Gasteiger partial charge is 0.338 e. The third-order valence-electron chi connectivity index (χ3n) is 6.52. The zero-order valence-electron chi connectivity index (χ0n) is 21.5. The van der Waals surface area contributed by atoms with Gasteiger partial charge in [-0.3, -0.25) is 14.3 Å². The van der Waals surface area contributed by atoms with Crippen molar-refractivity contribution in [2.75, 3.05) is 5.32 Å². The number of nitrogens with zero attached hydrogens (tertiary/aromatic N) is 8. The zero-order valence-corrected chi connectivity index (χ0v) is 21.5. The zero-order chi connectivity index (χ0) is 30.8. The van der Waals surface area contributed by atoms with E-state index in [4.69, 9.17) is 0 Å². The number of amides is 2. The van der Waals surface area contributed by atoms with Crippen LogP contribution in [0.2, 0.25) is 0 Å². The van der Waals surface area contributed by atoms with Gasteiger partial charge >= 0.3 is 6.18 Å². The van der Waals surface area contributed by atoms with Crippen molar-refractivity contribution in [3.8, 4) is 0 Å². The maximum Gasteiger partial charge on any atom is 0.408 e. The molecule has 1 aliphatic rings. The van der Waals surface area contributed by atoms with E-state index < -0.39 is 91.6 Å². The van der Waals surface area contributed by atoms with Gasteiger partial charge in [0.1, 0.15) is 30.0 Å². The Morgan fingerprint density at radius 2 is 1.88 bits per heavy atom. The molecular formula is C21H22F8N10O3. The van der Waals surface area contributed by atoms with Gasteiger partial charge < -0.3 is 10.6 Å². The second-order valence-electron chi connectivity index (χ2n) is 9.60. The summed E-state index contributed by atoms with van der Waals surface area (Å²) in [6.07, 6.45) is -9.94.